The van der Waals surface area contributed by atoms with Crippen LogP contribution in [0.4, 0.5) is 0 Å². The molecule has 1 fully saturated rings. The molecule has 0 aromatic heterocycles. The van der Waals surface area contributed by atoms with Gasteiger partial charge in [-0.2, -0.15) is 0 Å². The lowest BCUT2D eigenvalue weighted by Gasteiger charge is -2.08. The van der Waals surface area contributed by atoms with E-state index in [4.69, 9.17) is 0 Å². The first-order chi connectivity index (χ1) is 4.79. The number of amides is 1. The number of nitrogens with zero attached hydrogens (tertiary/aromatic N) is 1. The van der Waals surface area contributed by atoms with Crippen molar-refractivity contribution < 1.29 is 4.79 Å². The number of likely N-dealkylation sites (tertiary alicyclic amines) is 1. The average Bonchev–Trinajstić information content (AvgIpc) is 2.30. The van der Waals surface area contributed by atoms with Gasteiger partial charge in [-0.25, -0.2) is 0 Å². The normalized spacial score (nSPS) is 23.2. The highest BCUT2D eigenvalue weighted by Gasteiger charge is 2.27. The highest BCUT2D eigenvalue weighted by Crippen LogP contribution is 2.20. The smallest absolute Gasteiger partial charge is 0.229 e. The minimum absolute atomic E-state index is 0. The first-order valence-electron chi connectivity index (χ1n) is 3.72. The molecule has 1 unspecified atom stereocenters. The van der Waals surface area contributed by atoms with Crippen molar-refractivity contribution in [2.75, 3.05) is 6.54 Å². The van der Waals surface area contributed by atoms with Crippen LogP contribution in [0.25, 0.3) is 0 Å². The van der Waals surface area contributed by atoms with Crippen LogP contribution in [0.3, 0.4) is 0 Å². The monoisotopic (exact) mass is 175 g/mol. The predicted octanol–water partition coefficient (Wildman–Crippen LogP) is 1.81. The van der Waals surface area contributed by atoms with Crippen LogP contribution in [-0.2, 0) is 4.79 Å². The second kappa shape index (κ2) is 4.39. The predicted molar refractivity (Wildman–Crippen MR) is 47.6 cm³/mol. The summed E-state index contributed by atoms with van der Waals surface area (Å²) in [5, 5.41) is 0. The largest absolute Gasteiger partial charge is 0.319 e. The van der Waals surface area contributed by atoms with Crippen molar-refractivity contribution >= 4 is 18.3 Å². The molecular formula is C8H14ClNO. The van der Waals surface area contributed by atoms with Crippen LogP contribution in [0.15, 0.2) is 12.8 Å². The third kappa shape index (κ3) is 1.96. The minimum atomic E-state index is 0. The lowest BCUT2D eigenvalue weighted by atomic mass is 10.1. The van der Waals surface area contributed by atoms with Gasteiger partial charge in [0, 0.05) is 12.5 Å². The van der Waals surface area contributed by atoms with Crippen LogP contribution in [0, 0.1) is 5.92 Å². The van der Waals surface area contributed by atoms with Gasteiger partial charge in [-0.05, 0) is 19.0 Å². The summed E-state index contributed by atoms with van der Waals surface area (Å²) in [6.45, 7) is 6.48. The van der Waals surface area contributed by atoms with Crippen molar-refractivity contribution in [2.24, 2.45) is 5.92 Å². The zero-order valence-corrected chi connectivity index (χ0v) is 7.56. The quantitative estimate of drug-likeness (QED) is 0.627. The van der Waals surface area contributed by atoms with Gasteiger partial charge in [-0.1, -0.05) is 13.5 Å². The van der Waals surface area contributed by atoms with Crippen LogP contribution >= 0.6 is 12.4 Å². The van der Waals surface area contributed by atoms with Crippen molar-refractivity contribution in [1.82, 2.24) is 4.90 Å². The van der Waals surface area contributed by atoms with Gasteiger partial charge in [0.05, 0.1) is 0 Å². The summed E-state index contributed by atoms with van der Waals surface area (Å²) in [6.07, 6.45) is 3.59. The molecule has 0 aromatic carbocycles. The summed E-state index contributed by atoms with van der Waals surface area (Å²) in [5.41, 5.74) is 0. The Morgan fingerprint density at radius 2 is 2.45 bits per heavy atom. The number of hydrogen-bond acceptors (Lipinski definition) is 1. The third-order valence-electron chi connectivity index (χ3n) is 2.06. The van der Waals surface area contributed by atoms with Gasteiger partial charge >= 0.3 is 0 Å². The maximum atomic E-state index is 11.2. The Morgan fingerprint density at radius 1 is 1.82 bits per heavy atom. The number of rotatable bonds is 2. The van der Waals surface area contributed by atoms with Crippen molar-refractivity contribution in [2.45, 2.75) is 19.8 Å². The fourth-order valence-electron chi connectivity index (χ4n) is 1.32. The van der Waals surface area contributed by atoms with Gasteiger partial charge in [0.15, 0.2) is 0 Å². The molecule has 1 aliphatic rings. The van der Waals surface area contributed by atoms with E-state index in [2.05, 4.69) is 13.5 Å². The molecule has 0 aromatic rings. The van der Waals surface area contributed by atoms with Gasteiger partial charge in [0.25, 0.3) is 0 Å². The maximum absolute atomic E-state index is 11.2. The topological polar surface area (TPSA) is 20.3 Å². The van der Waals surface area contributed by atoms with Crippen molar-refractivity contribution in [3.05, 3.63) is 12.8 Å². The van der Waals surface area contributed by atoms with Crippen molar-refractivity contribution in [3.63, 3.8) is 0 Å². The van der Waals surface area contributed by atoms with E-state index in [1.807, 2.05) is 0 Å². The van der Waals surface area contributed by atoms with Gasteiger partial charge in [0.2, 0.25) is 5.91 Å². The molecule has 1 saturated heterocycles. The van der Waals surface area contributed by atoms with Crippen LogP contribution in [-0.4, -0.2) is 17.4 Å². The second-order valence-electron chi connectivity index (χ2n) is 2.61. The zero-order chi connectivity index (χ0) is 7.56. The van der Waals surface area contributed by atoms with Crippen LogP contribution in [0.1, 0.15) is 19.8 Å². The number of halogens is 1. The first kappa shape index (κ1) is 10.5. The molecule has 0 radical (unpaired) electrons. The van der Waals surface area contributed by atoms with Gasteiger partial charge in [-0.3, -0.25) is 4.79 Å². The molecule has 0 aliphatic carbocycles. The Kier molecular flexibility index (Phi) is 4.19. The van der Waals surface area contributed by atoms with Gasteiger partial charge in [-0.15, -0.1) is 12.4 Å². The second-order valence-corrected chi connectivity index (χ2v) is 2.61. The molecule has 1 aliphatic heterocycles. The summed E-state index contributed by atoms with van der Waals surface area (Å²) in [7, 11) is 0. The van der Waals surface area contributed by atoms with Gasteiger partial charge in [0.1, 0.15) is 0 Å². The Labute approximate surface area is 73.7 Å². The fourth-order valence-corrected chi connectivity index (χ4v) is 1.32. The van der Waals surface area contributed by atoms with E-state index in [1.54, 1.807) is 11.1 Å². The molecule has 1 heterocycles. The number of carbonyl (C=O) groups excluding carboxylic acids is 1. The zero-order valence-electron chi connectivity index (χ0n) is 6.75. The SMILES string of the molecule is C=CN1CCC(CC)C1=O.Cl. The Morgan fingerprint density at radius 3 is 2.73 bits per heavy atom. The van der Waals surface area contributed by atoms with Crippen molar-refractivity contribution in [3.8, 4) is 0 Å². The first-order valence-corrected chi connectivity index (χ1v) is 3.72. The molecule has 64 valence electrons. The Balaban J connectivity index is 0.000001000. The minimum Gasteiger partial charge on any atom is -0.319 e. The van der Waals surface area contributed by atoms with Crippen LogP contribution in [0.5, 0.6) is 0 Å². The molecule has 0 spiro atoms. The van der Waals surface area contributed by atoms with E-state index in [0.717, 1.165) is 19.4 Å². The molecule has 0 N–H and O–H groups in total. The van der Waals surface area contributed by atoms with Crippen LogP contribution in [0.2, 0.25) is 0 Å². The van der Waals surface area contributed by atoms with Gasteiger partial charge < -0.3 is 4.90 Å². The molecule has 0 bridgehead atoms. The van der Waals surface area contributed by atoms with Crippen LogP contribution < -0.4 is 0 Å². The summed E-state index contributed by atoms with van der Waals surface area (Å²) in [4.78, 5) is 12.9. The summed E-state index contributed by atoms with van der Waals surface area (Å²) < 4.78 is 0. The highest BCUT2D eigenvalue weighted by molar-refractivity contribution is 5.85. The average molecular weight is 176 g/mol. The molecule has 2 nitrogen and oxygen atoms in total. The van der Waals surface area contributed by atoms with E-state index < -0.39 is 0 Å². The van der Waals surface area contributed by atoms with Crippen molar-refractivity contribution in [1.29, 1.82) is 0 Å². The van der Waals surface area contributed by atoms with E-state index in [0.29, 0.717) is 0 Å². The third-order valence-corrected chi connectivity index (χ3v) is 2.06. The fraction of sp³-hybridized carbons (Fsp3) is 0.625. The van der Waals surface area contributed by atoms with E-state index in [-0.39, 0.29) is 24.2 Å². The number of carbonyl (C=O) groups is 1. The molecule has 0 saturated carbocycles. The van der Waals surface area contributed by atoms with E-state index >= 15 is 0 Å². The van der Waals surface area contributed by atoms with E-state index in [9.17, 15) is 4.79 Å². The standard InChI is InChI=1S/C8H13NO.ClH/c1-3-7-5-6-9(4-2)8(7)10;/h4,7H,2-3,5-6H2,1H3;1H. The summed E-state index contributed by atoms with van der Waals surface area (Å²) in [6, 6.07) is 0. The number of hydrogen-bond donors (Lipinski definition) is 0. The summed E-state index contributed by atoms with van der Waals surface area (Å²) in [5.74, 6) is 0.510. The van der Waals surface area contributed by atoms with E-state index in [1.165, 1.54) is 0 Å². The lowest BCUT2D eigenvalue weighted by Crippen LogP contribution is -2.20. The molecule has 11 heavy (non-hydrogen) atoms. The molecule has 1 amide bonds. The Bertz CT molecular complexity index is 158. The highest BCUT2D eigenvalue weighted by atomic mass is 35.5. The Hall–Kier alpha value is -0.500. The molecule has 1 atom stereocenters. The molecule has 3 heteroatoms. The summed E-state index contributed by atoms with van der Waals surface area (Å²) >= 11 is 0. The maximum Gasteiger partial charge on any atom is 0.229 e. The lowest BCUT2D eigenvalue weighted by molar-refractivity contribution is -0.128. The molecular weight excluding hydrogens is 162 g/mol. The molecule has 1 rings (SSSR count).